The second-order valence-electron chi connectivity index (χ2n) is 8.60. The van der Waals surface area contributed by atoms with Gasteiger partial charge in [-0.05, 0) is 93.5 Å². The zero-order valence-electron chi connectivity index (χ0n) is 21.6. The van der Waals surface area contributed by atoms with Crippen LogP contribution in [0.2, 0.25) is 0 Å². The molecule has 1 N–H and O–H groups in total. The number of nitrogens with one attached hydrogen (secondary N) is 1. The molecule has 0 saturated heterocycles. The Bertz CT molecular complexity index is 1100. The van der Waals surface area contributed by atoms with Gasteiger partial charge >= 0.3 is 0 Å². The van der Waals surface area contributed by atoms with Gasteiger partial charge in [0.2, 0.25) is 0 Å². The molecule has 0 saturated carbocycles. The van der Waals surface area contributed by atoms with Crippen LogP contribution < -0.4 is 10.2 Å². The quantitative estimate of drug-likeness (QED) is 0.302. The van der Waals surface area contributed by atoms with Crippen molar-refractivity contribution >= 4 is 28.7 Å². The Balaban J connectivity index is 1.67. The maximum absolute atomic E-state index is 12.5. The number of benzene rings is 3. The second-order valence-corrected chi connectivity index (χ2v) is 8.60. The third-order valence-corrected chi connectivity index (χ3v) is 6.23. The highest BCUT2D eigenvalue weighted by molar-refractivity contribution is 6.04. The van der Waals surface area contributed by atoms with Gasteiger partial charge in [-0.25, -0.2) is 0 Å². The van der Waals surface area contributed by atoms with Crippen molar-refractivity contribution in [3.8, 4) is 0 Å². The van der Waals surface area contributed by atoms with E-state index in [2.05, 4.69) is 58.2 Å². The summed E-state index contributed by atoms with van der Waals surface area (Å²) in [4.78, 5) is 17.3. The van der Waals surface area contributed by atoms with Gasteiger partial charge in [-0.2, -0.15) is 10.2 Å². The number of amides is 1. The number of hydrogen-bond donors (Lipinski definition) is 1. The van der Waals surface area contributed by atoms with Gasteiger partial charge in [0.15, 0.2) is 0 Å². The number of aryl methyl sites for hydroxylation is 2. The van der Waals surface area contributed by atoms with Crippen molar-refractivity contribution < 1.29 is 4.79 Å². The van der Waals surface area contributed by atoms with E-state index in [4.69, 9.17) is 0 Å². The lowest BCUT2D eigenvalue weighted by atomic mass is 10.1. The fraction of sp³-hybridized carbons (Fsp3) is 0.345. The van der Waals surface area contributed by atoms with Crippen LogP contribution in [0, 0.1) is 13.8 Å². The molecule has 0 aromatic heterocycles. The van der Waals surface area contributed by atoms with E-state index in [9.17, 15) is 4.79 Å². The van der Waals surface area contributed by atoms with Crippen LogP contribution in [0.5, 0.6) is 0 Å². The highest BCUT2D eigenvalue weighted by atomic mass is 16.1. The smallest absolute Gasteiger partial charge is 0.255 e. The summed E-state index contributed by atoms with van der Waals surface area (Å²) in [6.07, 6.45) is 0. The van der Waals surface area contributed by atoms with E-state index >= 15 is 0 Å². The molecule has 0 spiro atoms. The minimum Gasteiger partial charge on any atom is -0.371 e. The van der Waals surface area contributed by atoms with Crippen LogP contribution in [-0.2, 0) is 0 Å². The maximum Gasteiger partial charge on any atom is 0.255 e. The molecule has 0 aliphatic heterocycles. The van der Waals surface area contributed by atoms with Gasteiger partial charge in [-0.1, -0.05) is 32.0 Å². The van der Waals surface area contributed by atoms with Crippen LogP contribution in [0.1, 0.15) is 42.3 Å². The molecule has 6 nitrogen and oxygen atoms in total. The number of carbonyl (C=O) groups is 1. The van der Waals surface area contributed by atoms with Gasteiger partial charge in [0.05, 0.1) is 11.4 Å². The number of hydrogen-bond acceptors (Lipinski definition) is 5. The molecule has 35 heavy (non-hydrogen) atoms. The molecule has 0 aliphatic rings. The van der Waals surface area contributed by atoms with E-state index in [0.717, 1.165) is 60.9 Å². The van der Waals surface area contributed by atoms with Crippen molar-refractivity contribution in [1.29, 1.82) is 0 Å². The van der Waals surface area contributed by atoms with Crippen molar-refractivity contribution in [1.82, 2.24) is 4.90 Å². The largest absolute Gasteiger partial charge is 0.371 e. The van der Waals surface area contributed by atoms with E-state index in [1.807, 2.05) is 56.3 Å². The van der Waals surface area contributed by atoms with Crippen LogP contribution >= 0.6 is 0 Å². The number of azo groups is 1. The Morgan fingerprint density at radius 1 is 0.800 bits per heavy atom. The van der Waals surface area contributed by atoms with Gasteiger partial charge in [-0.3, -0.25) is 4.79 Å². The van der Waals surface area contributed by atoms with Crippen molar-refractivity contribution in [2.24, 2.45) is 10.2 Å². The molecule has 3 aromatic rings. The average Bonchev–Trinajstić information content (AvgIpc) is 2.87. The van der Waals surface area contributed by atoms with E-state index in [1.165, 1.54) is 5.69 Å². The SMILES string of the molecule is CCN(CC)CCN(CC)c1ccc(N=Nc2c(C)cc(NC(=O)c3ccccc3)cc2C)cc1. The molecule has 0 radical (unpaired) electrons. The van der Waals surface area contributed by atoms with Gasteiger partial charge < -0.3 is 15.1 Å². The predicted molar refractivity (Wildman–Crippen MR) is 147 cm³/mol. The summed E-state index contributed by atoms with van der Waals surface area (Å²) >= 11 is 0. The number of rotatable bonds is 11. The van der Waals surface area contributed by atoms with Crippen molar-refractivity contribution in [2.45, 2.75) is 34.6 Å². The summed E-state index contributed by atoms with van der Waals surface area (Å²) in [6, 6.07) is 21.3. The molecule has 0 atom stereocenters. The van der Waals surface area contributed by atoms with E-state index < -0.39 is 0 Å². The van der Waals surface area contributed by atoms with Crippen LogP contribution in [0.3, 0.4) is 0 Å². The Morgan fingerprint density at radius 2 is 1.43 bits per heavy atom. The molecule has 3 aromatic carbocycles. The summed E-state index contributed by atoms with van der Waals surface area (Å²) in [6.45, 7) is 15.7. The van der Waals surface area contributed by atoms with Crippen molar-refractivity contribution in [2.75, 3.05) is 42.9 Å². The maximum atomic E-state index is 12.5. The summed E-state index contributed by atoms with van der Waals surface area (Å²) in [5.41, 5.74) is 6.13. The number of anilines is 2. The average molecular weight is 472 g/mol. The van der Waals surface area contributed by atoms with Crippen LogP contribution in [0.25, 0.3) is 0 Å². The fourth-order valence-corrected chi connectivity index (χ4v) is 4.09. The Hall–Kier alpha value is -3.51. The van der Waals surface area contributed by atoms with Crippen LogP contribution in [0.15, 0.2) is 77.0 Å². The molecule has 0 fully saturated rings. The zero-order valence-corrected chi connectivity index (χ0v) is 21.6. The fourth-order valence-electron chi connectivity index (χ4n) is 4.09. The number of likely N-dealkylation sites (N-methyl/N-ethyl adjacent to an activating group) is 2. The Morgan fingerprint density at radius 3 is 2.00 bits per heavy atom. The molecule has 184 valence electrons. The minimum absolute atomic E-state index is 0.128. The Kier molecular flexibility index (Phi) is 9.56. The summed E-state index contributed by atoms with van der Waals surface area (Å²) in [5.74, 6) is -0.128. The third kappa shape index (κ3) is 7.23. The lowest BCUT2D eigenvalue weighted by Crippen LogP contribution is -2.35. The molecule has 0 bridgehead atoms. The van der Waals surface area contributed by atoms with Crippen LogP contribution in [0.4, 0.5) is 22.7 Å². The first-order valence-corrected chi connectivity index (χ1v) is 12.4. The first-order valence-electron chi connectivity index (χ1n) is 12.4. The lowest BCUT2D eigenvalue weighted by molar-refractivity contribution is 0.102. The Labute approximate surface area is 209 Å². The second kappa shape index (κ2) is 12.8. The van der Waals surface area contributed by atoms with Crippen molar-refractivity contribution in [3.05, 3.63) is 83.4 Å². The molecule has 0 aliphatic carbocycles. The molecular formula is C29H37N5O. The molecular weight excluding hydrogens is 434 g/mol. The standard InChI is InChI=1S/C29H37N5O/c1-6-33(7-2)18-19-34(8-3)27-16-14-25(15-17-27)31-32-28-22(4)20-26(21-23(28)5)30-29(35)24-12-10-9-11-13-24/h9-17,20-21H,6-8,18-19H2,1-5H3,(H,30,35). The highest BCUT2D eigenvalue weighted by Crippen LogP contribution is 2.30. The first kappa shape index (κ1) is 26.1. The van der Waals surface area contributed by atoms with Gasteiger partial charge in [0, 0.05) is 36.6 Å². The van der Waals surface area contributed by atoms with Crippen LogP contribution in [-0.4, -0.2) is 43.5 Å². The van der Waals surface area contributed by atoms with E-state index in [-0.39, 0.29) is 5.91 Å². The van der Waals surface area contributed by atoms with Crippen molar-refractivity contribution in [3.63, 3.8) is 0 Å². The molecule has 3 rings (SSSR count). The molecule has 1 amide bonds. The number of carbonyl (C=O) groups excluding carboxylic acids is 1. The predicted octanol–water partition coefficient (Wildman–Crippen LogP) is 7.14. The summed E-state index contributed by atoms with van der Waals surface area (Å²) in [7, 11) is 0. The summed E-state index contributed by atoms with van der Waals surface area (Å²) < 4.78 is 0. The third-order valence-electron chi connectivity index (χ3n) is 6.23. The summed E-state index contributed by atoms with van der Waals surface area (Å²) in [5, 5.41) is 12.0. The normalized spacial score (nSPS) is 11.3. The van der Waals surface area contributed by atoms with E-state index in [1.54, 1.807) is 12.1 Å². The molecule has 0 unspecified atom stereocenters. The topological polar surface area (TPSA) is 60.3 Å². The van der Waals surface area contributed by atoms with Gasteiger partial charge in [0.1, 0.15) is 0 Å². The first-order chi connectivity index (χ1) is 16.9. The lowest BCUT2D eigenvalue weighted by Gasteiger charge is -2.27. The molecule has 0 heterocycles. The molecule has 6 heteroatoms. The van der Waals surface area contributed by atoms with E-state index in [0.29, 0.717) is 5.56 Å². The monoisotopic (exact) mass is 471 g/mol. The highest BCUT2D eigenvalue weighted by Gasteiger charge is 2.10. The van der Waals surface area contributed by atoms with Gasteiger partial charge in [0.25, 0.3) is 5.91 Å². The zero-order chi connectivity index (χ0) is 25.2. The van der Waals surface area contributed by atoms with Gasteiger partial charge in [-0.15, -0.1) is 0 Å². The minimum atomic E-state index is -0.128. The number of nitrogens with zero attached hydrogens (tertiary/aromatic N) is 4.